The molecule has 0 amide bonds. The van der Waals surface area contributed by atoms with Crippen LogP contribution in [0.2, 0.25) is 0 Å². The van der Waals surface area contributed by atoms with Gasteiger partial charge in [-0.05, 0) is 75.9 Å². The van der Waals surface area contributed by atoms with Gasteiger partial charge in [-0.25, -0.2) is 0 Å². The molecule has 2 aliphatic heterocycles. The first-order chi connectivity index (χ1) is 22.0. The van der Waals surface area contributed by atoms with Crippen molar-refractivity contribution in [3.63, 3.8) is 0 Å². The molecule has 0 radical (unpaired) electrons. The third kappa shape index (κ3) is 11.6. The van der Waals surface area contributed by atoms with Crippen LogP contribution in [0.4, 0.5) is 0 Å². The third-order valence-corrected chi connectivity index (χ3v) is 10.2. The van der Waals surface area contributed by atoms with Gasteiger partial charge in [0.05, 0.1) is 0 Å². The van der Waals surface area contributed by atoms with Gasteiger partial charge in [0.25, 0.3) is 0 Å². The van der Waals surface area contributed by atoms with Crippen molar-refractivity contribution in [1.82, 2.24) is 9.80 Å². The molecular formula is C37H60N2O9. The summed E-state index contributed by atoms with van der Waals surface area (Å²) in [6.45, 7) is 19.2. The highest BCUT2D eigenvalue weighted by molar-refractivity contribution is 5.94. The average molecular weight is 677 g/mol. The largest absolute Gasteiger partial charge is 0.481 e. The average Bonchev–Trinajstić information content (AvgIpc) is 2.94. The maximum Gasteiger partial charge on any atom is 0.322 e. The number of aliphatic carboxylic acids is 1. The van der Waals surface area contributed by atoms with Gasteiger partial charge in [-0.2, -0.15) is 0 Å². The van der Waals surface area contributed by atoms with E-state index in [1.807, 2.05) is 6.92 Å². The summed E-state index contributed by atoms with van der Waals surface area (Å²) in [5, 5.41) is 18.7. The molecule has 2 fully saturated rings. The molecule has 2 saturated heterocycles. The second-order valence-corrected chi connectivity index (χ2v) is 15.8. The molecule has 272 valence electrons. The van der Waals surface area contributed by atoms with Crippen LogP contribution in [-0.2, 0) is 33.4 Å². The van der Waals surface area contributed by atoms with Gasteiger partial charge in [-0.3, -0.25) is 29.0 Å². The molecule has 48 heavy (non-hydrogen) atoms. The molecule has 11 nitrogen and oxygen atoms in total. The van der Waals surface area contributed by atoms with Crippen LogP contribution < -0.4 is 0 Å². The summed E-state index contributed by atoms with van der Waals surface area (Å²) in [6, 6.07) is 8.34. The lowest BCUT2D eigenvalue weighted by molar-refractivity contribution is -0.179. The third-order valence-electron chi connectivity index (χ3n) is 10.2. The van der Waals surface area contributed by atoms with E-state index in [1.165, 1.54) is 0 Å². The summed E-state index contributed by atoms with van der Waals surface area (Å²) in [6.07, 6.45) is 2.53. The number of rotatable bonds is 11. The minimum absolute atomic E-state index is 0.0709. The summed E-state index contributed by atoms with van der Waals surface area (Å²) in [7, 11) is 4.22. The molecule has 2 N–H and O–H groups in total. The van der Waals surface area contributed by atoms with Crippen LogP contribution in [0.5, 0.6) is 0 Å². The van der Waals surface area contributed by atoms with Crippen molar-refractivity contribution in [2.45, 2.75) is 154 Å². The van der Waals surface area contributed by atoms with Gasteiger partial charge < -0.3 is 24.4 Å². The van der Waals surface area contributed by atoms with Crippen LogP contribution >= 0.6 is 0 Å². The number of nitrogens with zero attached hydrogens (tertiary/aromatic N) is 2. The number of esters is 3. The Morgan fingerprint density at radius 3 is 1.52 bits per heavy atom. The minimum Gasteiger partial charge on any atom is -0.481 e. The molecule has 0 aromatic heterocycles. The van der Waals surface area contributed by atoms with E-state index in [-0.39, 0.29) is 47.2 Å². The van der Waals surface area contributed by atoms with Gasteiger partial charge in [0.2, 0.25) is 6.29 Å². The zero-order valence-electron chi connectivity index (χ0n) is 31.0. The number of carbonyl (C=O) groups is 4. The fraction of sp³-hybridized carbons (Fsp3) is 0.730. The Balaban J connectivity index is 0.000000365. The predicted molar refractivity (Wildman–Crippen MR) is 183 cm³/mol. The highest BCUT2D eigenvalue weighted by atomic mass is 16.6. The van der Waals surface area contributed by atoms with Crippen LogP contribution in [0.1, 0.15) is 126 Å². The predicted octanol–water partition coefficient (Wildman–Crippen LogP) is 5.88. The van der Waals surface area contributed by atoms with Gasteiger partial charge in [0, 0.05) is 53.4 Å². The summed E-state index contributed by atoms with van der Waals surface area (Å²) < 4.78 is 16.2. The van der Waals surface area contributed by atoms with Crippen molar-refractivity contribution in [1.29, 1.82) is 0 Å². The molecule has 2 atom stereocenters. The highest BCUT2D eigenvalue weighted by Gasteiger charge is 2.46. The van der Waals surface area contributed by atoms with E-state index in [0.717, 1.165) is 32.1 Å². The number of piperidine rings is 2. The number of benzene rings is 1. The van der Waals surface area contributed by atoms with Crippen molar-refractivity contribution < 1.29 is 43.6 Å². The van der Waals surface area contributed by atoms with Gasteiger partial charge in [-0.1, -0.05) is 50.1 Å². The molecule has 11 heteroatoms. The highest BCUT2D eigenvalue weighted by Crippen LogP contribution is 2.39. The smallest absolute Gasteiger partial charge is 0.322 e. The van der Waals surface area contributed by atoms with Crippen molar-refractivity contribution >= 4 is 23.9 Å². The quantitative estimate of drug-likeness (QED) is 0.126. The van der Waals surface area contributed by atoms with Crippen LogP contribution in [-0.4, -0.2) is 92.3 Å². The van der Waals surface area contributed by atoms with Crippen molar-refractivity contribution in [3.8, 4) is 0 Å². The molecule has 2 aliphatic rings. The summed E-state index contributed by atoms with van der Waals surface area (Å²) in [4.78, 5) is 52.2. The Morgan fingerprint density at radius 1 is 0.771 bits per heavy atom. The topological polar surface area (TPSA) is 143 Å². The maximum atomic E-state index is 12.4. The fourth-order valence-electron chi connectivity index (χ4n) is 6.93. The first-order valence-corrected chi connectivity index (χ1v) is 17.1. The van der Waals surface area contributed by atoms with Crippen molar-refractivity contribution in [3.05, 3.63) is 35.9 Å². The molecule has 0 saturated carbocycles. The summed E-state index contributed by atoms with van der Waals surface area (Å²) in [5.41, 5.74) is 0.129. The molecule has 1 aromatic carbocycles. The van der Waals surface area contributed by atoms with Gasteiger partial charge in [0.15, 0.2) is 5.92 Å². The Morgan fingerprint density at radius 2 is 1.17 bits per heavy atom. The molecule has 2 heterocycles. The Labute approximate surface area is 287 Å². The first kappa shape index (κ1) is 41.2. The fourth-order valence-corrected chi connectivity index (χ4v) is 6.93. The lowest BCUT2D eigenvalue weighted by Crippen LogP contribution is -2.60. The zero-order valence-corrected chi connectivity index (χ0v) is 31.0. The lowest BCUT2D eigenvalue weighted by atomic mass is 9.78. The molecule has 0 spiro atoms. The Bertz CT molecular complexity index is 1150. The Hall–Kier alpha value is -3.02. The first-order valence-electron chi connectivity index (χ1n) is 17.1. The number of aliphatic hydroxyl groups is 1. The summed E-state index contributed by atoms with van der Waals surface area (Å²) >= 11 is 0. The van der Waals surface area contributed by atoms with E-state index in [1.54, 1.807) is 30.3 Å². The van der Waals surface area contributed by atoms with E-state index in [2.05, 4.69) is 79.3 Å². The zero-order chi connectivity index (χ0) is 36.7. The number of carbonyl (C=O) groups excluding carboxylic acids is 3. The number of aliphatic hydroxyl groups excluding tert-OH is 1. The molecule has 1 aromatic rings. The van der Waals surface area contributed by atoms with E-state index in [9.17, 15) is 24.3 Å². The van der Waals surface area contributed by atoms with Crippen molar-refractivity contribution in [2.24, 2.45) is 5.92 Å². The molecule has 0 bridgehead atoms. The van der Waals surface area contributed by atoms with Gasteiger partial charge >= 0.3 is 23.9 Å². The molecule has 2 unspecified atom stereocenters. The number of carboxylic acids is 1. The van der Waals surface area contributed by atoms with E-state index < -0.39 is 36.1 Å². The Kier molecular flexibility index (Phi) is 14.2. The van der Waals surface area contributed by atoms with E-state index >= 15 is 0 Å². The normalized spacial score (nSPS) is 21.9. The second-order valence-electron chi connectivity index (χ2n) is 15.8. The second kappa shape index (κ2) is 16.6. The number of unbranched alkanes of at least 4 members (excludes halogenated alkanes) is 1. The SMILES string of the molecule is CCCCC(C(=O)O)C(=O)OC(O)c1ccccc1.CN1C(C)(C)CC(OC(=O)CC(=O)OC2CC(C)(C)N(C)C(C)(C)C2)CC1(C)C. The number of hydrogen-bond donors (Lipinski definition) is 2. The standard InChI is InChI=1S/C23H42N2O4.C14H18O5/c1-20(2)12-16(13-21(3,4)24(20)9)28-18(26)11-19(27)29-17-14-22(5,6)25(10)23(7,8)15-17;1-2-3-9-11(12(15)16)14(18)19-13(17)10-7-5-4-6-8-10/h16-17H,11-15H2,1-10H3;4-8,11,13,17H,2-3,9H2,1H3,(H,15,16). The lowest BCUT2D eigenvalue weighted by Gasteiger charge is -2.53. The summed E-state index contributed by atoms with van der Waals surface area (Å²) in [5.74, 6) is -4.32. The van der Waals surface area contributed by atoms with Crippen LogP contribution in [0.25, 0.3) is 0 Å². The van der Waals surface area contributed by atoms with Gasteiger partial charge in [0.1, 0.15) is 18.6 Å². The number of hydrogen-bond acceptors (Lipinski definition) is 10. The molecule has 3 rings (SSSR count). The minimum atomic E-state index is -1.43. The van der Waals surface area contributed by atoms with Crippen LogP contribution in [0, 0.1) is 5.92 Å². The van der Waals surface area contributed by atoms with E-state index in [0.29, 0.717) is 12.0 Å². The molecule has 0 aliphatic carbocycles. The monoisotopic (exact) mass is 676 g/mol. The molecular weight excluding hydrogens is 616 g/mol. The van der Waals surface area contributed by atoms with E-state index in [4.69, 9.17) is 19.3 Å². The number of carboxylic acid groups (broad SMARTS) is 1. The van der Waals surface area contributed by atoms with Crippen LogP contribution in [0.15, 0.2) is 30.3 Å². The maximum absolute atomic E-state index is 12.4. The van der Waals surface area contributed by atoms with Crippen molar-refractivity contribution in [2.75, 3.05) is 14.1 Å². The number of likely N-dealkylation sites (tertiary alicyclic amines) is 2. The number of ether oxygens (including phenoxy) is 3. The van der Waals surface area contributed by atoms with Gasteiger partial charge in [-0.15, -0.1) is 0 Å². The van der Waals surface area contributed by atoms with Crippen LogP contribution in [0.3, 0.4) is 0 Å².